The van der Waals surface area contributed by atoms with Crippen LogP contribution in [0.1, 0.15) is 92.9 Å². The molecule has 0 aromatic rings. The van der Waals surface area contributed by atoms with Gasteiger partial charge in [0.2, 0.25) is 0 Å². The number of fused-ring (bicyclic) bond motifs is 7. The van der Waals surface area contributed by atoms with E-state index in [1.807, 2.05) is 20.1 Å². The Morgan fingerprint density at radius 1 is 1.00 bits per heavy atom. The third-order valence-corrected chi connectivity index (χ3v) is 12.7. The number of methoxy groups -OCH3 is 1. The molecule has 4 saturated carbocycles. The SMILES string of the molecule is COC[C@]12CCC(C)(C)C[C@H]1[C@H]1C(=O)C[C@@H]3[C@@]4(C)C=C(C#N)C(=O)[C@@H](C)[C@@H]4CC[C@@]3(C)[C@]1(C)CC2. The molecule has 5 aliphatic carbocycles. The van der Waals surface area contributed by atoms with E-state index in [1.165, 1.54) is 6.42 Å². The van der Waals surface area contributed by atoms with Crippen LogP contribution in [0.2, 0.25) is 0 Å². The van der Waals surface area contributed by atoms with Gasteiger partial charge >= 0.3 is 0 Å². The Morgan fingerprint density at radius 3 is 2.34 bits per heavy atom. The van der Waals surface area contributed by atoms with E-state index in [-0.39, 0.29) is 56.5 Å². The van der Waals surface area contributed by atoms with E-state index >= 15 is 0 Å². The fourth-order valence-corrected chi connectivity index (χ4v) is 10.6. The molecule has 0 amide bonds. The van der Waals surface area contributed by atoms with Gasteiger partial charge in [0.1, 0.15) is 11.9 Å². The van der Waals surface area contributed by atoms with Gasteiger partial charge in [0.15, 0.2) is 5.78 Å². The van der Waals surface area contributed by atoms with Gasteiger partial charge in [-0.2, -0.15) is 5.26 Å². The molecule has 0 radical (unpaired) electrons. The summed E-state index contributed by atoms with van der Waals surface area (Å²) in [6, 6.07) is 2.21. The van der Waals surface area contributed by atoms with Gasteiger partial charge in [-0.3, -0.25) is 9.59 Å². The minimum atomic E-state index is -0.290. The number of ketones is 2. The molecule has 0 aromatic carbocycles. The summed E-state index contributed by atoms with van der Waals surface area (Å²) in [5.41, 5.74) is 0.342. The molecule has 4 heteroatoms. The molecule has 0 aromatic heterocycles. The average Bonchev–Trinajstić information content (AvgIpc) is 2.79. The molecule has 0 N–H and O–H groups in total. The van der Waals surface area contributed by atoms with Crippen LogP contribution in [0, 0.1) is 68.0 Å². The normalized spacial score (nSPS) is 50.7. The van der Waals surface area contributed by atoms with Crippen molar-refractivity contribution < 1.29 is 14.3 Å². The van der Waals surface area contributed by atoms with Crippen LogP contribution in [-0.2, 0) is 14.3 Å². The van der Waals surface area contributed by atoms with E-state index in [4.69, 9.17) is 4.74 Å². The molecule has 0 heterocycles. The fraction of sp³-hybridized carbons (Fsp3) is 0.839. The van der Waals surface area contributed by atoms with E-state index in [0.29, 0.717) is 23.7 Å². The van der Waals surface area contributed by atoms with E-state index in [0.717, 1.165) is 45.1 Å². The van der Waals surface area contributed by atoms with Crippen LogP contribution in [0.15, 0.2) is 11.6 Å². The van der Waals surface area contributed by atoms with Crippen molar-refractivity contribution in [3.63, 3.8) is 0 Å². The number of carbonyl (C=O) groups is 2. The van der Waals surface area contributed by atoms with Gasteiger partial charge in [0.05, 0.1) is 12.2 Å². The number of allylic oxidation sites excluding steroid dienone is 2. The largest absolute Gasteiger partial charge is 0.384 e. The maximum atomic E-state index is 14.4. The summed E-state index contributed by atoms with van der Waals surface area (Å²) < 4.78 is 5.84. The molecule has 9 atom stereocenters. The predicted octanol–water partition coefficient (Wildman–Crippen LogP) is 6.54. The van der Waals surface area contributed by atoms with Crippen LogP contribution >= 0.6 is 0 Å². The fourth-order valence-electron chi connectivity index (χ4n) is 10.6. The van der Waals surface area contributed by atoms with E-state index in [9.17, 15) is 14.9 Å². The van der Waals surface area contributed by atoms with Gasteiger partial charge in [0, 0.05) is 25.4 Å². The van der Waals surface area contributed by atoms with Crippen LogP contribution < -0.4 is 0 Å². The molecule has 0 saturated heterocycles. The smallest absolute Gasteiger partial charge is 0.176 e. The lowest BCUT2D eigenvalue weighted by Crippen LogP contribution is -2.68. The highest BCUT2D eigenvalue weighted by Gasteiger charge is 2.71. The van der Waals surface area contributed by atoms with Crippen molar-refractivity contribution in [1.29, 1.82) is 5.26 Å². The number of hydrogen-bond acceptors (Lipinski definition) is 4. The van der Waals surface area contributed by atoms with E-state index in [1.54, 1.807) is 0 Å². The molecule has 0 unspecified atom stereocenters. The van der Waals surface area contributed by atoms with Crippen LogP contribution in [0.3, 0.4) is 0 Å². The zero-order valence-electron chi connectivity index (χ0n) is 23.0. The number of Topliss-reactive ketones (excluding diaryl/α,β-unsaturated/α-hetero) is 2. The maximum absolute atomic E-state index is 14.4. The maximum Gasteiger partial charge on any atom is 0.176 e. The Morgan fingerprint density at radius 2 is 1.69 bits per heavy atom. The Labute approximate surface area is 212 Å². The van der Waals surface area contributed by atoms with Crippen molar-refractivity contribution in [2.45, 2.75) is 92.9 Å². The first-order valence-electron chi connectivity index (χ1n) is 14.0. The summed E-state index contributed by atoms with van der Waals surface area (Å²) in [7, 11) is 1.83. The van der Waals surface area contributed by atoms with Gasteiger partial charge in [-0.15, -0.1) is 0 Å². The van der Waals surface area contributed by atoms with E-state index < -0.39 is 0 Å². The van der Waals surface area contributed by atoms with Crippen LogP contribution in [0.5, 0.6) is 0 Å². The number of hydrogen-bond donors (Lipinski definition) is 0. The summed E-state index contributed by atoms with van der Waals surface area (Å²) in [4.78, 5) is 27.3. The quantitative estimate of drug-likeness (QED) is 0.451. The van der Waals surface area contributed by atoms with Gasteiger partial charge < -0.3 is 4.74 Å². The molecule has 5 aliphatic rings. The first-order chi connectivity index (χ1) is 16.3. The zero-order chi connectivity index (χ0) is 25.6. The highest BCUT2D eigenvalue weighted by atomic mass is 16.5. The second-order valence-corrected chi connectivity index (χ2v) is 14.6. The number of carbonyl (C=O) groups excluding carboxylic acids is 2. The number of nitriles is 1. The molecular weight excluding hydrogens is 434 g/mol. The molecular formula is C31H45NO3. The minimum absolute atomic E-state index is 0.00347. The lowest BCUT2D eigenvalue weighted by Gasteiger charge is -2.71. The summed E-state index contributed by atoms with van der Waals surface area (Å²) >= 11 is 0. The number of nitrogens with zero attached hydrogens (tertiary/aromatic N) is 1. The highest BCUT2D eigenvalue weighted by molar-refractivity contribution is 6.01. The minimum Gasteiger partial charge on any atom is -0.384 e. The lowest BCUT2D eigenvalue weighted by molar-refractivity contribution is -0.224. The van der Waals surface area contributed by atoms with E-state index in [2.05, 4.69) is 40.7 Å². The number of rotatable bonds is 2. The monoisotopic (exact) mass is 479 g/mol. The van der Waals surface area contributed by atoms with Crippen LogP contribution in [0.25, 0.3) is 0 Å². The summed E-state index contributed by atoms with van der Waals surface area (Å²) in [6.45, 7) is 14.7. The predicted molar refractivity (Wildman–Crippen MR) is 136 cm³/mol. The van der Waals surface area contributed by atoms with Gasteiger partial charge in [0.25, 0.3) is 0 Å². The topological polar surface area (TPSA) is 67.2 Å². The standard InChI is InChI=1S/C31H45NO3/c1-19-21-8-9-29(5)24(28(21,4)15-20(17-32)26(19)34)14-23(33)25-22-16-27(2,3)10-12-31(22,18-35-7)13-11-30(25,29)6/h15,19,21-22,24-25H,8-14,16,18H2,1-7H3/t19-,21-,22-,24+,25-,28-,29+,30+,31+/m0/s1. The van der Waals surface area contributed by atoms with Crippen molar-refractivity contribution in [3.8, 4) is 6.07 Å². The van der Waals surface area contributed by atoms with Gasteiger partial charge in [-0.25, -0.2) is 0 Å². The molecule has 192 valence electrons. The van der Waals surface area contributed by atoms with Crippen molar-refractivity contribution in [1.82, 2.24) is 0 Å². The lowest BCUT2D eigenvalue weighted by atomic mass is 9.32. The second kappa shape index (κ2) is 7.77. The summed E-state index contributed by atoms with van der Waals surface area (Å²) in [6.07, 6.45) is 10.3. The molecule has 35 heavy (non-hydrogen) atoms. The first-order valence-corrected chi connectivity index (χ1v) is 14.0. The molecule has 0 bridgehead atoms. The van der Waals surface area contributed by atoms with Crippen molar-refractivity contribution >= 4 is 11.6 Å². The third-order valence-electron chi connectivity index (χ3n) is 12.7. The highest BCUT2D eigenvalue weighted by Crippen LogP contribution is 2.75. The van der Waals surface area contributed by atoms with Crippen LogP contribution in [0.4, 0.5) is 0 Å². The zero-order valence-corrected chi connectivity index (χ0v) is 23.0. The summed E-state index contributed by atoms with van der Waals surface area (Å²) in [5, 5.41) is 9.77. The molecule has 4 fully saturated rings. The van der Waals surface area contributed by atoms with Crippen LogP contribution in [-0.4, -0.2) is 25.3 Å². The molecule has 4 nitrogen and oxygen atoms in total. The van der Waals surface area contributed by atoms with Crippen molar-refractivity contribution in [2.24, 2.45) is 56.7 Å². The Hall–Kier alpha value is -1.47. The Bertz CT molecular complexity index is 1020. The Kier molecular flexibility index (Phi) is 5.59. The van der Waals surface area contributed by atoms with Crippen molar-refractivity contribution in [3.05, 3.63) is 11.6 Å². The molecule has 0 spiro atoms. The number of ether oxygens (including phenoxy) is 1. The molecule has 0 aliphatic heterocycles. The van der Waals surface area contributed by atoms with Gasteiger partial charge in [-0.05, 0) is 89.8 Å². The molecule has 5 rings (SSSR count). The van der Waals surface area contributed by atoms with Crippen molar-refractivity contribution in [2.75, 3.05) is 13.7 Å². The second-order valence-electron chi connectivity index (χ2n) is 14.6. The average molecular weight is 480 g/mol. The first kappa shape index (κ1) is 25.2. The summed E-state index contributed by atoms with van der Waals surface area (Å²) in [5.74, 6) is 1.13. The third kappa shape index (κ3) is 3.19. The van der Waals surface area contributed by atoms with Gasteiger partial charge in [-0.1, -0.05) is 47.6 Å². The Balaban J connectivity index is 1.61.